The number of rotatable bonds is 2. The molecule has 0 bridgehead atoms. The van der Waals surface area contributed by atoms with Crippen molar-refractivity contribution < 1.29 is 0 Å². The van der Waals surface area contributed by atoms with Gasteiger partial charge in [0.1, 0.15) is 17.5 Å². The van der Waals surface area contributed by atoms with E-state index in [9.17, 15) is 0 Å². The molecule has 0 unspecified atom stereocenters. The van der Waals surface area contributed by atoms with Gasteiger partial charge in [-0.05, 0) is 19.1 Å². The highest BCUT2D eigenvalue weighted by Crippen LogP contribution is 2.19. The minimum Gasteiger partial charge on any atom is -0.384 e. The number of benzene rings is 1. The maximum atomic E-state index is 5.80. The molecule has 0 atom stereocenters. The predicted molar refractivity (Wildman–Crippen MR) is 82.0 cm³/mol. The molecule has 0 saturated carbocycles. The molecule has 0 spiro atoms. The van der Waals surface area contributed by atoms with E-state index in [1.54, 1.807) is 0 Å². The van der Waals surface area contributed by atoms with Gasteiger partial charge >= 0.3 is 0 Å². The number of nitrogens with two attached hydrogens (primary N) is 1. The molecule has 2 heterocycles. The summed E-state index contributed by atoms with van der Waals surface area (Å²) < 4.78 is 0. The third kappa shape index (κ3) is 2.66. The van der Waals surface area contributed by atoms with Crippen LogP contribution in [0.25, 0.3) is 0 Å². The van der Waals surface area contributed by atoms with Crippen LogP contribution in [0.15, 0.2) is 36.4 Å². The number of hydrogen-bond acceptors (Lipinski definition) is 5. The van der Waals surface area contributed by atoms with Crippen molar-refractivity contribution in [3.05, 3.63) is 42.2 Å². The van der Waals surface area contributed by atoms with Gasteiger partial charge in [0.15, 0.2) is 0 Å². The van der Waals surface area contributed by atoms with E-state index in [0.717, 1.165) is 37.8 Å². The number of aromatic nitrogens is 2. The third-order valence-electron chi connectivity index (χ3n) is 3.57. The van der Waals surface area contributed by atoms with Gasteiger partial charge in [0.25, 0.3) is 0 Å². The monoisotopic (exact) mass is 269 g/mol. The summed E-state index contributed by atoms with van der Waals surface area (Å²) in [6.07, 6.45) is 0. The minimum atomic E-state index is 0.540. The van der Waals surface area contributed by atoms with Crippen molar-refractivity contribution in [2.24, 2.45) is 0 Å². The number of nitrogen functional groups attached to an aromatic ring is 1. The molecule has 2 aromatic rings. The normalized spacial score (nSPS) is 15.4. The van der Waals surface area contributed by atoms with Gasteiger partial charge in [-0.15, -0.1) is 0 Å². The summed E-state index contributed by atoms with van der Waals surface area (Å²) in [4.78, 5) is 13.3. The smallest absolute Gasteiger partial charge is 0.134 e. The van der Waals surface area contributed by atoms with Gasteiger partial charge in [0, 0.05) is 37.9 Å². The maximum Gasteiger partial charge on any atom is 0.134 e. The van der Waals surface area contributed by atoms with Crippen LogP contribution in [0.2, 0.25) is 0 Å². The van der Waals surface area contributed by atoms with Gasteiger partial charge in [0.05, 0.1) is 0 Å². The molecule has 1 saturated heterocycles. The molecule has 2 N–H and O–H groups in total. The number of piperazine rings is 1. The van der Waals surface area contributed by atoms with E-state index in [-0.39, 0.29) is 0 Å². The van der Waals surface area contributed by atoms with Gasteiger partial charge < -0.3 is 15.5 Å². The first-order chi connectivity index (χ1) is 9.72. The first-order valence-corrected chi connectivity index (χ1v) is 6.88. The zero-order chi connectivity index (χ0) is 13.9. The van der Waals surface area contributed by atoms with E-state index >= 15 is 0 Å². The van der Waals surface area contributed by atoms with E-state index in [1.165, 1.54) is 5.69 Å². The fourth-order valence-corrected chi connectivity index (χ4v) is 2.57. The minimum absolute atomic E-state index is 0.540. The van der Waals surface area contributed by atoms with Crippen LogP contribution in [0.5, 0.6) is 0 Å². The standard InChI is InChI=1S/C15H19N5/c1-12-17-14(16)11-15(18-12)20-9-7-19(8-10-20)13-5-3-2-4-6-13/h2-6,11H,7-10H2,1H3,(H2,16,17,18). The lowest BCUT2D eigenvalue weighted by molar-refractivity contribution is 0.646. The average Bonchev–Trinajstić information content (AvgIpc) is 2.47. The maximum absolute atomic E-state index is 5.80. The summed E-state index contributed by atoms with van der Waals surface area (Å²) in [6, 6.07) is 12.4. The topological polar surface area (TPSA) is 58.3 Å². The molecule has 1 aliphatic heterocycles. The Morgan fingerprint density at radius 1 is 0.950 bits per heavy atom. The second kappa shape index (κ2) is 5.36. The van der Waals surface area contributed by atoms with Crippen molar-refractivity contribution >= 4 is 17.3 Å². The highest BCUT2D eigenvalue weighted by molar-refractivity contribution is 5.51. The lowest BCUT2D eigenvalue weighted by atomic mass is 10.2. The zero-order valence-corrected chi connectivity index (χ0v) is 11.7. The largest absolute Gasteiger partial charge is 0.384 e. The summed E-state index contributed by atoms with van der Waals surface area (Å²) in [5.41, 5.74) is 7.08. The molecule has 0 radical (unpaired) electrons. The molecule has 1 aliphatic rings. The Balaban J connectivity index is 1.69. The van der Waals surface area contributed by atoms with Crippen LogP contribution in [-0.4, -0.2) is 36.1 Å². The Kier molecular flexibility index (Phi) is 3.41. The zero-order valence-electron chi connectivity index (χ0n) is 11.7. The van der Waals surface area contributed by atoms with Crippen molar-refractivity contribution in [3.8, 4) is 0 Å². The van der Waals surface area contributed by atoms with Crippen LogP contribution in [0.1, 0.15) is 5.82 Å². The number of aryl methyl sites for hydroxylation is 1. The first-order valence-electron chi connectivity index (χ1n) is 6.88. The van der Waals surface area contributed by atoms with E-state index in [2.05, 4.69) is 44.0 Å². The second-order valence-corrected chi connectivity index (χ2v) is 5.01. The third-order valence-corrected chi connectivity index (χ3v) is 3.57. The Bertz CT molecular complexity index is 556. The summed E-state index contributed by atoms with van der Waals surface area (Å²) >= 11 is 0. The van der Waals surface area contributed by atoms with Crippen molar-refractivity contribution in [1.82, 2.24) is 9.97 Å². The molecule has 0 amide bonds. The van der Waals surface area contributed by atoms with E-state index in [4.69, 9.17) is 5.73 Å². The molecule has 104 valence electrons. The van der Waals surface area contributed by atoms with Crippen molar-refractivity contribution in [1.29, 1.82) is 0 Å². The van der Waals surface area contributed by atoms with Crippen LogP contribution in [0.4, 0.5) is 17.3 Å². The van der Waals surface area contributed by atoms with Gasteiger partial charge in [-0.1, -0.05) is 18.2 Å². The molecule has 1 aromatic heterocycles. The SMILES string of the molecule is Cc1nc(N)cc(N2CCN(c3ccccc3)CC2)n1. The Labute approximate surface area is 119 Å². The second-order valence-electron chi connectivity index (χ2n) is 5.01. The summed E-state index contributed by atoms with van der Waals surface area (Å²) in [5, 5.41) is 0. The van der Waals surface area contributed by atoms with Crippen LogP contribution in [0, 0.1) is 6.92 Å². The predicted octanol–water partition coefficient (Wildman–Crippen LogP) is 1.69. The molecular weight excluding hydrogens is 250 g/mol. The van der Waals surface area contributed by atoms with Crippen LogP contribution in [-0.2, 0) is 0 Å². The van der Waals surface area contributed by atoms with Crippen LogP contribution < -0.4 is 15.5 Å². The fourth-order valence-electron chi connectivity index (χ4n) is 2.57. The first kappa shape index (κ1) is 12.7. The van der Waals surface area contributed by atoms with Crippen molar-refractivity contribution in [2.75, 3.05) is 41.7 Å². The molecule has 5 heteroatoms. The van der Waals surface area contributed by atoms with Crippen LogP contribution >= 0.6 is 0 Å². The van der Waals surface area contributed by atoms with E-state index < -0.39 is 0 Å². The van der Waals surface area contributed by atoms with Crippen molar-refractivity contribution in [3.63, 3.8) is 0 Å². The highest BCUT2D eigenvalue weighted by Gasteiger charge is 2.18. The highest BCUT2D eigenvalue weighted by atomic mass is 15.3. The molecule has 1 fully saturated rings. The van der Waals surface area contributed by atoms with Crippen LogP contribution in [0.3, 0.4) is 0 Å². The van der Waals surface area contributed by atoms with Gasteiger partial charge in [-0.2, -0.15) is 0 Å². The van der Waals surface area contributed by atoms with E-state index in [0.29, 0.717) is 5.82 Å². The average molecular weight is 269 g/mol. The van der Waals surface area contributed by atoms with E-state index in [1.807, 2.05) is 19.1 Å². The quantitative estimate of drug-likeness (QED) is 0.899. The molecule has 0 aliphatic carbocycles. The van der Waals surface area contributed by atoms with Gasteiger partial charge in [-0.25, -0.2) is 9.97 Å². The molecule has 1 aromatic carbocycles. The lowest BCUT2D eigenvalue weighted by Gasteiger charge is -2.36. The Morgan fingerprint density at radius 2 is 1.60 bits per heavy atom. The summed E-state index contributed by atoms with van der Waals surface area (Å²) in [7, 11) is 0. The number of para-hydroxylation sites is 1. The van der Waals surface area contributed by atoms with Gasteiger partial charge in [-0.3, -0.25) is 0 Å². The fraction of sp³-hybridized carbons (Fsp3) is 0.333. The number of nitrogens with zero attached hydrogens (tertiary/aromatic N) is 4. The summed E-state index contributed by atoms with van der Waals surface area (Å²) in [5.74, 6) is 2.20. The van der Waals surface area contributed by atoms with Gasteiger partial charge in [0.2, 0.25) is 0 Å². The Morgan fingerprint density at radius 3 is 2.25 bits per heavy atom. The summed E-state index contributed by atoms with van der Waals surface area (Å²) in [6.45, 7) is 5.76. The number of anilines is 3. The molecule has 20 heavy (non-hydrogen) atoms. The van der Waals surface area contributed by atoms with Crippen molar-refractivity contribution in [2.45, 2.75) is 6.92 Å². The lowest BCUT2D eigenvalue weighted by Crippen LogP contribution is -2.46. The Hall–Kier alpha value is -2.30. The molecule has 5 nitrogen and oxygen atoms in total. The molecule has 3 rings (SSSR count). The number of hydrogen-bond donors (Lipinski definition) is 1. The molecular formula is C15H19N5.